The number of aromatic nitrogens is 1. The van der Waals surface area contributed by atoms with Gasteiger partial charge in [0.25, 0.3) is 5.91 Å². The van der Waals surface area contributed by atoms with E-state index < -0.39 is 0 Å². The Labute approximate surface area is 183 Å². The molecule has 1 aromatic heterocycles. The minimum Gasteiger partial charge on any atom is -0.312 e. The number of aryl methyl sites for hydroxylation is 1. The van der Waals surface area contributed by atoms with Gasteiger partial charge in [0, 0.05) is 11.1 Å². The quantitative estimate of drug-likeness (QED) is 0.293. The third-order valence-electron chi connectivity index (χ3n) is 4.46. The number of benzene rings is 3. The Morgan fingerprint density at radius 3 is 2.42 bits per heavy atom. The Morgan fingerprint density at radius 2 is 1.71 bits per heavy atom. The van der Waals surface area contributed by atoms with Crippen molar-refractivity contribution in [3.63, 3.8) is 0 Å². The molecule has 4 aromatic rings. The van der Waals surface area contributed by atoms with Crippen LogP contribution in [-0.2, 0) is 0 Å². The molecule has 0 aliphatic rings. The molecule has 0 aliphatic heterocycles. The second-order valence-electron chi connectivity index (χ2n) is 6.80. The van der Waals surface area contributed by atoms with Crippen molar-refractivity contribution in [1.82, 2.24) is 4.98 Å². The van der Waals surface area contributed by atoms with E-state index in [1.54, 1.807) is 42.6 Å². The number of carbonyl (C=O) groups excluding carboxylic acids is 1. The summed E-state index contributed by atoms with van der Waals surface area (Å²) in [6.07, 6.45) is 1.70. The van der Waals surface area contributed by atoms with Gasteiger partial charge in [-0.15, -0.1) is 0 Å². The van der Waals surface area contributed by atoms with Crippen LogP contribution < -0.4 is 10.7 Å². The molecule has 7 heteroatoms. The van der Waals surface area contributed by atoms with E-state index in [4.69, 9.17) is 0 Å². The summed E-state index contributed by atoms with van der Waals surface area (Å²) in [5.74, 6) is -0.586. The van der Waals surface area contributed by atoms with E-state index in [2.05, 4.69) is 20.8 Å². The fraction of sp³-hybridized carbons (Fsp3) is 0.0417. The molecule has 154 valence electrons. The van der Waals surface area contributed by atoms with Gasteiger partial charge >= 0.3 is 0 Å². The lowest BCUT2D eigenvalue weighted by Crippen LogP contribution is -2.11. The number of nitrogens with one attached hydrogen (secondary N) is 2. The van der Waals surface area contributed by atoms with Gasteiger partial charge < -0.3 is 5.32 Å². The summed E-state index contributed by atoms with van der Waals surface area (Å²) in [6.45, 7) is 2.02. The Bertz CT molecular complexity index is 1200. The number of thiazole rings is 1. The van der Waals surface area contributed by atoms with Gasteiger partial charge in [0.05, 0.1) is 6.21 Å². The van der Waals surface area contributed by atoms with Crippen molar-refractivity contribution in [3.05, 3.63) is 101 Å². The standard InChI is InChI=1S/C24H19FN4OS/c1-16-7-9-17(10-8-16)15-26-29-24-27-21(18-11-13-20(25)14-12-18)23(31-24)28-22(30)19-5-3-2-4-6-19/h2-15H,1H3,(H,27,29)(H,28,30)/b26-15+. The van der Waals surface area contributed by atoms with E-state index in [1.807, 2.05) is 37.3 Å². The Balaban J connectivity index is 1.59. The van der Waals surface area contributed by atoms with E-state index in [0.717, 1.165) is 5.56 Å². The first-order valence-corrected chi connectivity index (χ1v) is 10.4. The molecule has 0 unspecified atom stereocenters. The highest BCUT2D eigenvalue weighted by atomic mass is 32.1. The Kier molecular flexibility index (Phi) is 6.14. The van der Waals surface area contributed by atoms with E-state index in [0.29, 0.717) is 27.0 Å². The van der Waals surface area contributed by atoms with Crippen LogP contribution in [0, 0.1) is 12.7 Å². The highest BCUT2D eigenvalue weighted by molar-refractivity contribution is 7.20. The van der Waals surface area contributed by atoms with E-state index in [1.165, 1.54) is 29.0 Å². The summed E-state index contributed by atoms with van der Waals surface area (Å²) in [6, 6.07) is 22.9. The summed E-state index contributed by atoms with van der Waals surface area (Å²) in [5, 5.41) is 8.20. The number of anilines is 2. The first-order chi connectivity index (χ1) is 15.1. The van der Waals surface area contributed by atoms with Crippen LogP contribution in [0.15, 0.2) is 84.0 Å². The maximum atomic E-state index is 13.4. The SMILES string of the molecule is Cc1ccc(/C=N/Nc2nc(-c3ccc(F)cc3)c(NC(=O)c3ccccc3)s2)cc1. The number of halogens is 1. The molecular formula is C24H19FN4OS. The number of carbonyl (C=O) groups is 1. The second kappa shape index (κ2) is 9.32. The summed E-state index contributed by atoms with van der Waals surface area (Å²) >= 11 is 1.26. The molecule has 0 bridgehead atoms. The fourth-order valence-electron chi connectivity index (χ4n) is 2.84. The zero-order chi connectivity index (χ0) is 21.6. The van der Waals surface area contributed by atoms with Gasteiger partial charge in [0.2, 0.25) is 5.13 Å². The number of rotatable bonds is 6. The summed E-state index contributed by atoms with van der Waals surface area (Å²) < 4.78 is 13.4. The molecular weight excluding hydrogens is 411 g/mol. The minimum atomic E-state index is -0.338. The topological polar surface area (TPSA) is 66.4 Å². The molecule has 31 heavy (non-hydrogen) atoms. The van der Waals surface area contributed by atoms with Crippen molar-refractivity contribution < 1.29 is 9.18 Å². The number of hydrogen-bond acceptors (Lipinski definition) is 5. The predicted octanol–water partition coefficient (Wildman–Crippen LogP) is 5.96. The molecule has 0 spiro atoms. The van der Waals surface area contributed by atoms with E-state index >= 15 is 0 Å². The lowest BCUT2D eigenvalue weighted by Gasteiger charge is -2.05. The predicted molar refractivity (Wildman–Crippen MR) is 124 cm³/mol. The van der Waals surface area contributed by atoms with Crippen molar-refractivity contribution in [2.75, 3.05) is 10.7 Å². The molecule has 5 nitrogen and oxygen atoms in total. The lowest BCUT2D eigenvalue weighted by atomic mass is 10.1. The second-order valence-corrected chi connectivity index (χ2v) is 7.80. The molecule has 0 aliphatic carbocycles. The summed E-state index contributed by atoms with van der Waals surface area (Å²) in [5.41, 5.74) is 6.81. The van der Waals surface area contributed by atoms with E-state index in [-0.39, 0.29) is 11.7 Å². The number of nitrogens with zero attached hydrogens (tertiary/aromatic N) is 2. The van der Waals surface area contributed by atoms with Gasteiger partial charge in [-0.25, -0.2) is 9.37 Å². The molecule has 0 radical (unpaired) electrons. The monoisotopic (exact) mass is 430 g/mol. The van der Waals surface area contributed by atoms with Gasteiger partial charge in [-0.05, 0) is 48.9 Å². The molecule has 2 N–H and O–H groups in total. The van der Waals surface area contributed by atoms with Gasteiger partial charge in [-0.2, -0.15) is 5.10 Å². The first-order valence-electron chi connectivity index (χ1n) is 9.57. The molecule has 3 aromatic carbocycles. The molecule has 1 amide bonds. The van der Waals surface area contributed by atoms with Crippen LogP contribution in [0.25, 0.3) is 11.3 Å². The number of hydrogen-bond donors (Lipinski definition) is 2. The third-order valence-corrected chi connectivity index (χ3v) is 5.33. The van der Waals surface area contributed by atoms with Crippen LogP contribution >= 0.6 is 11.3 Å². The zero-order valence-corrected chi connectivity index (χ0v) is 17.5. The first kappa shape index (κ1) is 20.4. The fourth-order valence-corrected chi connectivity index (χ4v) is 3.67. The molecule has 1 heterocycles. The smallest absolute Gasteiger partial charge is 0.256 e. The molecule has 0 fully saturated rings. The summed E-state index contributed by atoms with van der Waals surface area (Å²) in [7, 11) is 0. The van der Waals surface area contributed by atoms with Gasteiger partial charge in [-0.1, -0.05) is 59.4 Å². The lowest BCUT2D eigenvalue weighted by molar-refractivity contribution is 0.102. The van der Waals surface area contributed by atoms with Crippen molar-refractivity contribution in [2.24, 2.45) is 5.10 Å². The Hall–Kier alpha value is -3.84. The molecule has 0 saturated carbocycles. The van der Waals surface area contributed by atoms with E-state index in [9.17, 15) is 9.18 Å². The average molecular weight is 431 g/mol. The van der Waals surface area contributed by atoms with Crippen molar-refractivity contribution in [2.45, 2.75) is 6.92 Å². The Morgan fingerprint density at radius 1 is 1.00 bits per heavy atom. The van der Waals surface area contributed by atoms with Crippen molar-refractivity contribution in [1.29, 1.82) is 0 Å². The maximum absolute atomic E-state index is 13.4. The van der Waals surface area contributed by atoms with Crippen LogP contribution in [0.1, 0.15) is 21.5 Å². The van der Waals surface area contributed by atoms with Crippen LogP contribution in [0.5, 0.6) is 0 Å². The number of amides is 1. The number of hydrazone groups is 1. The average Bonchev–Trinajstić information content (AvgIpc) is 3.18. The van der Waals surface area contributed by atoms with Gasteiger partial charge in [0.1, 0.15) is 16.5 Å². The third kappa shape index (κ3) is 5.21. The molecule has 4 rings (SSSR count). The normalized spacial score (nSPS) is 10.9. The molecule has 0 atom stereocenters. The van der Waals surface area contributed by atoms with Crippen LogP contribution in [0.3, 0.4) is 0 Å². The highest BCUT2D eigenvalue weighted by Crippen LogP contribution is 2.36. The van der Waals surface area contributed by atoms with Crippen molar-refractivity contribution >= 4 is 33.6 Å². The van der Waals surface area contributed by atoms with Crippen LogP contribution in [0.2, 0.25) is 0 Å². The highest BCUT2D eigenvalue weighted by Gasteiger charge is 2.16. The van der Waals surface area contributed by atoms with Crippen LogP contribution in [0.4, 0.5) is 14.5 Å². The maximum Gasteiger partial charge on any atom is 0.256 e. The van der Waals surface area contributed by atoms with Gasteiger partial charge in [0.15, 0.2) is 0 Å². The molecule has 0 saturated heterocycles. The zero-order valence-electron chi connectivity index (χ0n) is 16.7. The van der Waals surface area contributed by atoms with Crippen molar-refractivity contribution in [3.8, 4) is 11.3 Å². The van der Waals surface area contributed by atoms with Gasteiger partial charge in [-0.3, -0.25) is 10.2 Å². The van der Waals surface area contributed by atoms with Crippen LogP contribution in [-0.4, -0.2) is 17.1 Å². The largest absolute Gasteiger partial charge is 0.312 e. The minimum absolute atomic E-state index is 0.248. The summed E-state index contributed by atoms with van der Waals surface area (Å²) in [4.78, 5) is 17.2.